The van der Waals surface area contributed by atoms with Gasteiger partial charge in [-0.25, -0.2) is 0 Å². The SMILES string of the molecule is Cc1cc(CN(C)CCNC(=O)c2cccc(Nc3cc(C)nc4ccccc34)c2)cc(C(F)(F)F)c1. The van der Waals surface area contributed by atoms with E-state index in [9.17, 15) is 18.0 Å². The Morgan fingerprint density at radius 3 is 2.54 bits per heavy atom. The summed E-state index contributed by atoms with van der Waals surface area (Å²) in [6.07, 6.45) is -4.37. The summed E-state index contributed by atoms with van der Waals surface area (Å²) in [5.74, 6) is -0.220. The first-order chi connectivity index (χ1) is 17.6. The highest BCUT2D eigenvalue weighted by Gasteiger charge is 2.30. The van der Waals surface area contributed by atoms with E-state index in [0.29, 0.717) is 36.3 Å². The third kappa shape index (κ3) is 6.86. The Balaban J connectivity index is 1.35. The average molecular weight is 507 g/mol. The Morgan fingerprint density at radius 2 is 1.76 bits per heavy atom. The summed E-state index contributed by atoms with van der Waals surface area (Å²) >= 11 is 0. The van der Waals surface area contributed by atoms with Crippen molar-refractivity contribution in [2.75, 3.05) is 25.5 Å². The van der Waals surface area contributed by atoms with Crippen molar-refractivity contribution in [3.05, 3.63) is 101 Å². The van der Waals surface area contributed by atoms with Crippen LogP contribution in [0.1, 0.15) is 32.7 Å². The molecule has 1 aromatic heterocycles. The Labute approximate surface area is 214 Å². The van der Waals surface area contributed by atoms with E-state index in [1.807, 2.05) is 61.3 Å². The van der Waals surface area contributed by atoms with E-state index in [1.54, 1.807) is 25.1 Å². The highest BCUT2D eigenvalue weighted by molar-refractivity contribution is 5.96. The molecule has 0 saturated heterocycles. The molecule has 1 amide bonds. The Kier molecular flexibility index (Phi) is 7.78. The van der Waals surface area contributed by atoms with Crippen molar-refractivity contribution in [1.29, 1.82) is 0 Å². The smallest absolute Gasteiger partial charge is 0.355 e. The van der Waals surface area contributed by atoms with E-state index in [0.717, 1.165) is 34.0 Å². The summed E-state index contributed by atoms with van der Waals surface area (Å²) in [5, 5.41) is 7.28. The number of amides is 1. The highest BCUT2D eigenvalue weighted by atomic mass is 19.4. The maximum absolute atomic E-state index is 13.1. The minimum atomic E-state index is -4.37. The summed E-state index contributed by atoms with van der Waals surface area (Å²) in [6.45, 7) is 4.78. The number of hydrogen-bond acceptors (Lipinski definition) is 4. The molecule has 8 heteroatoms. The molecule has 3 aromatic carbocycles. The summed E-state index contributed by atoms with van der Waals surface area (Å²) < 4.78 is 39.3. The molecule has 0 bridgehead atoms. The molecular formula is C29H29F3N4O. The van der Waals surface area contributed by atoms with Crippen molar-refractivity contribution in [3.8, 4) is 0 Å². The van der Waals surface area contributed by atoms with Gasteiger partial charge in [-0.2, -0.15) is 13.2 Å². The van der Waals surface area contributed by atoms with Crippen molar-refractivity contribution in [2.45, 2.75) is 26.6 Å². The first-order valence-corrected chi connectivity index (χ1v) is 12.0. The fourth-order valence-corrected chi connectivity index (χ4v) is 4.28. The maximum Gasteiger partial charge on any atom is 0.416 e. The van der Waals surface area contributed by atoms with Crippen molar-refractivity contribution < 1.29 is 18.0 Å². The maximum atomic E-state index is 13.1. The molecule has 0 unspecified atom stereocenters. The molecule has 1 heterocycles. The lowest BCUT2D eigenvalue weighted by Gasteiger charge is -2.19. The molecule has 4 rings (SSSR count). The normalized spacial score (nSPS) is 11.6. The van der Waals surface area contributed by atoms with Crippen LogP contribution >= 0.6 is 0 Å². The van der Waals surface area contributed by atoms with Gasteiger partial charge < -0.3 is 15.5 Å². The quantitative estimate of drug-likeness (QED) is 0.287. The largest absolute Gasteiger partial charge is 0.416 e. The van der Waals surface area contributed by atoms with Gasteiger partial charge in [-0.15, -0.1) is 0 Å². The zero-order chi connectivity index (χ0) is 26.6. The number of pyridine rings is 1. The molecule has 0 aliphatic heterocycles. The number of para-hydroxylation sites is 1. The van der Waals surface area contributed by atoms with Crippen molar-refractivity contribution >= 4 is 28.2 Å². The number of hydrogen-bond donors (Lipinski definition) is 2. The summed E-state index contributed by atoms with van der Waals surface area (Å²) in [4.78, 5) is 19.2. The predicted molar refractivity (Wildman–Crippen MR) is 141 cm³/mol. The van der Waals surface area contributed by atoms with Crippen LogP contribution in [0.4, 0.5) is 24.5 Å². The van der Waals surface area contributed by atoms with Crippen LogP contribution in [0.15, 0.2) is 72.8 Å². The number of rotatable bonds is 8. The van der Waals surface area contributed by atoms with Crippen LogP contribution in [0.3, 0.4) is 0 Å². The Hall–Kier alpha value is -3.91. The van der Waals surface area contributed by atoms with E-state index in [-0.39, 0.29) is 5.91 Å². The molecule has 37 heavy (non-hydrogen) atoms. The monoisotopic (exact) mass is 506 g/mol. The topological polar surface area (TPSA) is 57.3 Å². The van der Waals surface area contributed by atoms with Gasteiger partial charge in [0.15, 0.2) is 0 Å². The molecule has 0 spiro atoms. The van der Waals surface area contributed by atoms with Gasteiger partial charge in [0.1, 0.15) is 0 Å². The number of anilines is 2. The number of likely N-dealkylation sites (N-methyl/N-ethyl adjacent to an activating group) is 1. The molecule has 192 valence electrons. The molecule has 0 aliphatic rings. The number of carbonyl (C=O) groups excluding carboxylic acids is 1. The number of alkyl halides is 3. The number of halogens is 3. The molecule has 0 atom stereocenters. The van der Waals surface area contributed by atoms with Crippen LogP contribution in [-0.4, -0.2) is 35.9 Å². The lowest BCUT2D eigenvalue weighted by Crippen LogP contribution is -2.32. The number of benzene rings is 3. The number of aromatic nitrogens is 1. The zero-order valence-electron chi connectivity index (χ0n) is 21.0. The molecule has 2 N–H and O–H groups in total. The van der Waals surface area contributed by atoms with Gasteiger partial charge in [-0.1, -0.05) is 35.9 Å². The first-order valence-electron chi connectivity index (χ1n) is 12.0. The van der Waals surface area contributed by atoms with Crippen LogP contribution in [0.5, 0.6) is 0 Å². The number of nitrogens with zero attached hydrogens (tertiary/aromatic N) is 2. The molecule has 4 aromatic rings. The van der Waals surface area contributed by atoms with Crippen LogP contribution < -0.4 is 10.6 Å². The standard InChI is InChI=1S/C29H29F3N4O/c1-19-13-21(16-23(14-19)29(30,31)32)18-36(3)12-11-33-28(37)22-7-6-8-24(17-22)35-27-15-20(2)34-26-10-5-4-9-25(26)27/h4-10,13-17H,11-12,18H2,1-3H3,(H,33,37)(H,34,35). The van der Waals surface area contributed by atoms with Gasteiger partial charge in [0.25, 0.3) is 5.91 Å². The second kappa shape index (κ2) is 11.0. The third-order valence-corrected chi connectivity index (χ3v) is 5.94. The van der Waals surface area contributed by atoms with Crippen LogP contribution in [-0.2, 0) is 12.7 Å². The molecule has 0 aliphatic carbocycles. The zero-order valence-corrected chi connectivity index (χ0v) is 21.0. The molecule has 0 fully saturated rings. The number of aryl methyl sites for hydroxylation is 2. The van der Waals surface area contributed by atoms with E-state index in [2.05, 4.69) is 15.6 Å². The number of fused-ring (bicyclic) bond motifs is 1. The van der Waals surface area contributed by atoms with Crippen LogP contribution in [0.2, 0.25) is 0 Å². The summed E-state index contributed by atoms with van der Waals surface area (Å²) in [6, 6.07) is 21.1. The second-order valence-corrected chi connectivity index (χ2v) is 9.23. The molecule has 0 radical (unpaired) electrons. The second-order valence-electron chi connectivity index (χ2n) is 9.23. The van der Waals surface area contributed by atoms with Crippen LogP contribution in [0, 0.1) is 13.8 Å². The van der Waals surface area contributed by atoms with Gasteiger partial charge in [0.2, 0.25) is 0 Å². The van der Waals surface area contributed by atoms with Gasteiger partial charge in [-0.3, -0.25) is 9.78 Å². The van der Waals surface area contributed by atoms with Crippen molar-refractivity contribution in [3.63, 3.8) is 0 Å². The minimum absolute atomic E-state index is 0.220. The minimum Gasteiger partial charge on any atom is -0.355 e. The Bertz CT molecular complexity index is 1420. The fraction of sp³-hybridized carbons (Fsp3) is 0.241. The fourth-order valence-electron chi connectivity index (χ4n) is 4.28. The summed E-state index contributed by atoms with van der Waals surface area (Å²) in [5.41, 5.74) is 4.48. The van der Waals surface area contributed by atoms with Crippen LogP contribution in [0.25, 0.3) is 10.9 Å². The van der Waals surface area contributed by atoms with E-state index < -0.39 is 11.7 Å². The van der Waals surface area contributed by atoms with Crippen molar-refractivity contribution in [2.24, 2.45) is 0 Å². The lowest BCUT2D eigenvalue weighted by atomic mass is 10.1. The van der Waals surface area contributed by atoms with E-state index in [4.69, 9.17) is 0 Å². The van der Waals surface area contributed by atoms with Gasteiger partial charge in [-0.05, 0) is 68.9 Å². The number of nitrogens with one attached hydrogen (secondary N) is 2. The van der Waals surface area contributed by atoms with Gasteiger partial charge in [0.05, 0.1) is 11.1 Å². The highest BCUT2D eigenvalue weighted by Crippen LogP contribution is 2.31. The molecule has 0 saturated carbocycles. The predicted octanol–water partition coefficient (Wildman–Crippen LogP) is 6.48. The average Bonchev–Trinajstić information content (AvgIpc) is 2.83. The molecular weight excluding hydrogens is 477 g/mol. The first kappa shape index (κ1) is 26.2. The third-order valence-electron chi connectivity index (χ3n) is 5.94. The summed E-state index contributed by atoms with van der Waals surface area (Å²) in [7, 11) is 1.81. The molecule has 5 nitrogen and oxygen atoms in total. The Morgan fingerprint density at radius 1 is 0.973 bits per heavy atom. The van der Waals surface area contributed by atoms with Gasteiger partial charge in [0, 0.05) is 47.7 Å². The van der Waals surface area contributed by atoms with Crippen molar-refractivity contribution in [1.82, 2.24) is 15.2 Å². The lowest BCUT2D eigenvalue weighted by molar-refractivity contribution is -0.137. The van der Waals surface area contributed by atoms with Gasteiger partial charge >= 0.3 is 6.18 Å². The van der Waals surface area contributed by atoms with E-state index >= 15 is 0 Å². The van der Waals surface area contributed by atoms with E-state index in [1.165, 1.54) is 6.07 Å². The number of carbonyl (C=O) groups is 1.